The van der Waals surface area contributed by atoms with Gasteiger partial charge >= 0.3 is 0 Å². The summed E-state index contributed by atoms with van der Waals surface area (Å²) in [5.41, 5.74) is -1.02. The maximum atomic E-state index is 16.9. The van der Waals surface area contributed by atoms with Crippen LogP contribution in [-0.2, 0) is 22.2 Å². The van der Waals surface area contributed by atoms with Crippen LogP contribution in [0.5, 0.6) is 11.6 Å². The van der Waals surface area contributed by atoms with E-state index in [9.17, 15) is 5.11 Å². The van der Waals surface area contributed by atoms with Crippen LogP contribution in [0.1, 0.15) is 126 Å². The molecule has 0 amide bonds. The number of aliphatic hydroxyl groups excluding tert-OH is 1. The lowest BCUT2D eigenvalue weighted by atomic mass is 9.57. The van der Waals surface area contributed by atoms with Gasteiger partial charge in [-0.05, 0) is 90.3 Å². The molecule has 1 saturated carbocycles. The van der Waals surface area contributed by atoms with Crippen molar-refractivity contribution in [3.63, 3.8) is 0 Å². The predicted molar refractivity (Wildman–Crippen MR) is 214 cm³/mol. The zero-order chi connectivity index (χ0) is 40.1. The number of rotatable bonds is 14. The van der Waals surface area contributed by atoms with Crippen LogP contribution in [0.15, 0.2) is 14.6 Å². The number of nitrogens with one attached hydrogen (secondary N) is 1. The minimum absolute atomic E-state index is 0.0266. The van der Waals surface area contributed by atoms with Crippen LogP contribution < -0.4 is 14.8 Å². The molecule has 4 atom stereocenters. The van der Waals surface area contributed by atoms with E-state index in [1.54, 1.807) is 0 Å². The highest BCUT2D eigenvalue weighted by Crippen LogP contribution is 2.59. The third-order valence-electron chi connectivity index (χ3n) is 11.6. The van der Waals surface area contributed by atoms with Crippen molar-refractivity contribution in [2.45, 2.75) is 130 Å². The number of ether oxygens (including phenoxy) is 2. The van der Waals surface area contributed by atoms with E-state index in [-0.39, 0.29) is 58.2 Å². The summed E-state index contributed by atoms with van der Waals surface area (Å²) >= 11 is 3.65. The lowest BCUT2D eigenvalue weighted by Gasteiger charge is -2.55. The standard InChI is InChI=1S/C41H61BrFN3O7Si/c1-13-15-17-50-34-28-24(31(43)25(30(34)42)21-44-22-39(3,4)5)19-23-20-26-32(46(9)10)35-29(38(45-52-35)51-18-16-14-2)37(49)41(26,36(48)27(23)33(28)47)53-54(11,12)40(6,7)8/h23,26,32,44,47H,13-22H2,1-12H3/t23-,26-,32-,41-/m0/s1. The minimum Gasteiger partial charge on any atom is -0.507 e. The van der Waals surface area contributed by atoms with Gasteiger partial charge in [0, 0.05) is 35.7 Å². The highest BCUT2D eigenvalue weighted by atomic mass is 79.9. The molecule has 5 rings (SSSR count). The zero-order valence-electron chi connectivity index (χ0n) is 34.4. The Bertz CT molecular complexity index is 1790. The van der Waals surface area contributed by atoms with Crippen molar-refractivity contribution >= 4 is 41.6 Å². The first-order chi connectivity index (χ1) is 25.1. The molecule has 0 aliphatic heterocycles. The van der Waals surface area contributed by atoms with Gasteiger partial charge < -0.3 is 28.8 Å². The minimum atomic E-state index is -2.90. The Kier molecular flexibility index (Phi) is 12.4. The summed E-state index contributed by atoms with van der Waals surface area (Å²) in [7, 11) is 0.850. The summed E-state index contributed by atoms with van der Waals surface area (Å²) in [6.45, 7) is 22.2. The molecule has 0 unspecified atom stereocenters. The number of carbonyl (C=O) groups is 2. The second-order valence-electron chi connectivity index (χ2n) is 18.3. The number of fused-ring (bicyclic) bond motifs is 4. The van der Waals surface area contributed by atoms with Gasteiger partial charge in [-0.2, -0.15) is 0 Å². The largest absolute Gasteiger partial charge is 0.507 e. The number of ketones is 2. The number of aliphatic hydroxyl groups is 1. The molecule has 2 aromatic rings. The topological polar surface area (TPSA) is 123 Å². The van der Waals surface area contributed by atoms with Crippen molar-refractivity contribution in [3.05, 3.63) is 43.9 Å². The molecule has 3 aliphatic carbocycles. The number of hydrogen-bond donors (Lipinski definition) is 2. The Morgan fingerprint density at radius 3 is 2.24 bits per heavy atom. The van der Waals surface area contributed by atoms with Crippen LogP contribution in [0.4, 0.5) is 4.39 Å². The molecule has 0 radical (unpaired) electrons. The first kappa shape index (κ1) is 42.6. The highest BCUT2D eigenvalue weighted by molar-refractivity contribution is 9.10. The number of benzene rings is 1. The summed E-state index contributed by atoms with van der Waals surface area (Å²) in [5.74, 6) is -2.69. The molecule has 300 valence electrons. The second kappa shape index (κ2) is 15.7. The Labute approximate surface area is 330 Å². The number of hydrogen-bond acceptors (Lipinski definition) is 10. The molecule has 0 spiro atoms. The van der Waals surface area contributed by atoms with E-state index in [4.69, 9.17) is 18.4 Å². The SMILES string of the molecule is CCCCOc1noc2c1C(=O)[C@@]1(O[Si](C)(C)C(C)(C)C)C(=O)C3=C(O)c4c(c(F)c(CNCC(C)(C)C)c(Br)c4OCCCC)C[C@H]3C[C@H]1[C@@H]2N(C)C. The first-order valence-corrected chi connectivity index (χ1v) is 23.2. The highest BCUT2D eigenvalue weighted by Gasteiger charge is 2.69. The summed E-state index contributed by atoms with van der Waals surface area (Å²) in [4.78, 5) is 32.9. The molecule has 10 nitrogen and oxygen atoms in total. The third-order valence-corrected chi connectivity index (χ3v) is 16.9. The quantitative estimate of drug-likeness (QED) is 0.108. The van der Waals surface area contributed by atoms with Gasteiger partial charge in [-0.3, -0.25) is 14.5 Å². The van der Waals surface area contributed by atoms with E-state index >= 15 is 14.0 Å². The average Bonchev–Trinajstić information content (AvgIpc) is 3.48. The van der Waals surface area contributed by atoms with Gasteiger partial charge in [0.2, 0.25) is 11.6 Å². The number of carbonyl (C=O) groups excluding carboxylic acids is 2. The fraction of sp³-hybridized carbons (Fsp3) is 0.683. The Hall–Kier alpha value is -2.58. The van der Waals surface area contributed by atoms with E-state index in [2.05, 4.69) is 67.9 Å². The fourth-order valence-electron chi connectivity index (χ4n) is 7.82. The molecule has 1 aromatic heterocycles. The van der Waals surface area contributed by atoms with E-state index in [0.29, 0.717) is 46.9 Å². The molecule has 54 heavy (non-hydrogen) atoms. The van der Waals surface area contributed by atoms with Gasteiger partial charge in [0.1, 0.15) is 22.9 Å². The first-order valence-electron chi connectivity index (χ1n) is 19.5. The van der Waals surface area contributed by atoms with Crippen LogP contribution in [0, 0.1) is 23.1 Å². The third kappa shape index (κ3) is 7.48. The van der Waals surface area contributed by atoms with Crippen LogP contribution >= 0.6 is 15.9 Å². The number of nitrogens with zero attached hydrogens (tertiary/aromatic N) is 2. The molecule has 0 saturated heterocycles. The predicted octanol–water partition coefficient (Wildman–Crippen LogP) is 9.36. The number of halogens is 2. The smallest absolute Gasteiger partial charge is 0.265 e. The van der Waals surface area contributed by atoms with Crippen LogP contribution in [-0.4, -0.2) is 74.5 Å². The van der Waals surface area contributed by atoms with Crippen molar-refractivity contribution in [1.29, 1.82) is 0 Å². The molecule has 2 N–H and O–H groups in total. The van der Waals surface area contributed by atoms with E-state index in [0.717, 1.165) is 25.7 Å². The van der Waals surface area contributed by atoms with Crippen LogP contribution in [0.3, 0.4) is 0 Å². The molecular weight excluding hydrogens is 773 g/mol. The average molecular weight is 835 g/mol. The zero-order valence-corrected chi connectivity index (χ0v) is 36.9. The van der Waals surface area contributed by atoms with Crippen LogP contribution in [0.25, 0.3) is 5.76 Å². The van der Waals surface area contributed by atoms with E-state index < -0.39 is 49.2 Å². The molecule has 13 heteroatoms. The van der Waals surface area contributed by atoms with Crippen molar-refractivity contribution in [2.75, 3.05) is 33.9 Å². The summed E-state index contributed by atoms with van der Waals surface area (Å²) < 4.78 is 42.8. The van der Waals surface area contributed by atoms with Crippen LogP contribution in [0.2, 0.25) is 18.1 Å². The Morgan fingerprint density at radius 1 is 1.04 bits per heavy atom. The lowest BCUT2D eigenvalue weighted by Crippen LogP contribution is -2.68. The number of aromatic nitrogens is 1. The Morgan fingerprint density at radius 2 is 1.67 bits per heavy atom. The van der Waals surface area contributed by atoms with Crippen molar-refractivity contribution in [1.82, 2.24) is 15.4 Å². The van der Waals surface area contributed by atoms with E-state index in [1.165, 1.54) is 0 Å². The summed E-state index contributed by atoms with van der Waals surface area (Å²) in [5, 5.41) is 19.7. The second-order valence-corrected chi connectivity index (χ2v) is 23.8. The van der Waals surface area contributed by atoms with Gasteiger partial charge in [-0.1, -0.05) is 68.2 Å². The van der Waals surface area contributed by atoms with Gasteiger partial charge in [-0.15, -0.1) is 0 Å². The maximum Gasteiger partial charge on any atom is 0.265 e. The summed E-state index contributed by atoms with van der Waals surface area (Å²) in [6, 6.07) is -0.604. The normalized spacial score (nSPS) is 23.0. The van der Waals surface area contributed by atoms with Gasteiger partial charge in [0.25, 0.3) is 5.88 Å². The molecular formula is C41H61BrFN3O7Si. The number of unbranched alkanes of at least 4 members (excludes halogenated alkanes) is 2. The Balaban J connectivity index is 1.76. The molecule has 1 heterocycles. The fourth-order valence-corrected chi connectivity index (χ4v) is 9.89. The van der Waals surface area contributed by atoms with Crippen molar-refractivity contribution in [2.24, 2.45) is 17.3 Å². The van der Waals surface area contributed by atoms with E-state index in [1.807, 2.05) is 45.9 Å². The molecule has 1 fully saturated rings. The van der Waals surface area contributed by atoms with Gasteiger partial charge in [0.15, 0.2) is 19.7 Å². The molecule has 3 aliphatic rings. The molecule has 0 bridgehead atoms. The van der Waals surface area contributed by atoms with Crippen molar-refractivity contribution in [3.8, 4) is 11.6 Å². The van der Waals surface area contributed by atoms with Gasteiger partial charge in [0.05, 0.1) is 29.3 Å². The molecule has 1 aromatic carbocycles. The van der Waals surface area contributed by atoms with Crippen molar-refractivity contribution < 1.29 is 37.5 Å². The maximum absolute atomic E-state index is 16.9. The van der Waals surface area contributed by atoms with Gasteiger partial charge in [-0.25, -0.2) is 4.39 Å². The lowest BCUT2D eigenvalue weighted by molar-refractivity contribution is -0.140. The number of Topliss-reactive ketones (excluding diaryl/α,β-unsaturated/α-hetero) is 2. The monoisotopic (exact) mass is 833 g/mol. The summed E-state index contributed by atoms with van der Waals surface area (Å²) in [6.07, 6.45) is 3.60.